The van der Waals surface area contributed by atoms with Gasteiger partial charge in [0.1, 0.15) is 12.4 Å². The van der Waals surface area contributed by atoms with Crippen molar-refractivity contribution in [3.8, 4) is 5.75 Å². The zero-order chi connectivity index (χ0) is 14.8. The fraction of sp³-hybridized carbons (Fsp3) is 0.133. The van der Waals surface area contributed by atoms with Crippen LogP contribution in [0.2, 0.25) is 0 Å². The van der Waals surface area contributed by atoms with Crippen LogP contribution in [0.4, 0.5) is 5.69 Å². The topological polar surface area (TPSA) is 70.4 Å². The molecule has 2 N–H and O–H groups in total. The van der Waals surface area contributed by atoms with Crippen molar-refractivity contribution in [2.24, 2.45) is 0 Å². The molecule has 0 saturated carbocycles. The van der Waals surface area contributed by atoms with E-state index in [1.165, 1.54) is 4.57 Å². The van der Waals surface area contributed by atoms with Crippen LogP contribution < -0.4 is 16.2 Å². The summed E-state index contributed by atoms with van der Waals surface area (Å²) in [6, 6.07) is 12.7. The number of benzene rings is 2. The van der Waals surface area contributed by atoms with Crippen molar-refractivity contribution >= 4 is 32.7 Å². The molecule has 3 aromatic rings. The molecule has 0 aliphatic rings. The van der Waals surface area contributed by atoms with E-state index in [4.69, 9.17) is 14.9 Å². The molecule has 6 heteroatoms. The van der Waals surface area contributed by atoms with E-state index >= 15 is 0 Å². The molecular formula is C15H13BrN2O3. The molecule has 2 aromatic carbocycles. The second kappa shape index (κ2) is 5.65. The van der Waals surface area contributed by atoms with E-state index in [1.54, 1.807) is 18.2 Å². The fourth-order valence-electron chi connectivity index (χ4n) is 2.11. The maximum absolute atomic E-state index is 11.8. The molecule has 0 spiro atoms. The maximum Gasteiger partial charge on any atom is 0.420 e. The fourth-order valence-corrected chi connectivity index (χ4v) is 2.48. The summed E-state index contributed by atoms with van der Waals surface area (Å²) < 4.78 is 13.3. The van der Waals surface area contributed by atoms with Crippen molar-refractivity contribution in [3.63, 3.8) is 0 Å². The second-order valence-electron chi connectivity index (χ2n) is 4.55. The third-order valence-corrected chi connectivity index (χ3v) is 3.57. The van der Waals surface area contributed by atoms with Crippen LogP contribution in [0.15, 0.2) is 56.1 Å². The first-order chi connectivity index (χ1) is 10.1. The largest absolute Gasteiger partial charge is 0.492 e. The predicted molar refractivity (Wildman–Crippen MR) is 84.5 cm³/mol. The van der Waals surface area contributed by atoms with Crippen molar-refractivity contribution < 1.29 is 9.15 Å². The Kier molecular flexibility index (Phi) is 3.70. The van der Waals surface area contributed by atoms with Crippen LogP contribution in [0, 0.1) is 0 Å². The molecule has 1 heterocycles. The number of ether oxygens (including phenoxy) is 1. The highest BCUT2D eigenvalue weighted by Gasteiger charge is 2.09. The Balaban J connectivity index is 1.76. The Morgan fingerprint density at radius 1 is 1.24 bits per heavy atom. The van der Waals surface area contributed by atoms with Crippen molar-refractivity contribution in [2.45, 2.75) is 6.54 Å². The number of oxazole rings is 1. The van der Waals surface area contributed by atoms with Crippen molar-refractivity contribution in [3.05, 3.63) is 57.5 Å². The minimum atomic E-state index is -0.409. The molecule has 0 bridgehead atoms. The van der Waals surface area contributed by atoms with Gasteiger partial charge in [-0.2, -0.15) is 0 Å². The summed E-state index contributed by atoms with van der Waals surface area (Å²) in [5, 5.41) is 0. The first-order valence-corrected chi connectivity index (χ1v) is 7.20. The quantitative estimate of drug-likeness (QED) is 0.735. The van der Waals surface area contributed by atoms with Gasteiger partial charge in [-0.1, -0.05) is 22.0 Å². The Labute approximate surface area is 129 Å². The molecule has 0 saturated heterocycles. The number of fused-ring (bicyclic) bond motifs is 1. The molecular weight excluding hydrogens is 336 g/mol. The van der Waals surface area contributed by atoms with Crippen molar-refractivity contribution in [1.82, 2.24) is 4.57 Å². The molecule has 0 atom stereocenters. The summed E-state index contributed by atoms with van der Waals surface area (Å²) in [6.07, 6.45) is 0. The van der Waals surface area contributed by atoms with Gasteiger partial charge in [-0.3, -0.25) is 4.57 Å². The number of rotatable bonds is 4. The average molecular weight is 349 g/mol. The predicted octanol–water partition coefficient (Wildman–Crippen LogP) is 3.02. The highest BCUT2D eigenvalue weighted by molar-refractivity contribution is 9.10. The third-order valence-electron chi connectivity index (χ3n) is 3.07. The normalized spacial score (nSPS) is 10.9. The van der Waals surface area contributed by atoms with Gasteiger partial charge in [-0.25, -0.2) is 4.79 Å². The van der Waals surface area contributed by atoms with Gasteiger partial charge in [-0.15, -0.1) is 0 Å². The van der Waals surface area contributed by atoms with E-state index in [1.807, 2.05) is 24.3 Å². The summed E-state index contributed by atoms with van der Waals surface area (Å²) >= 11 is 3.38. The highest BCUT2D eigenvalue weighted by atomic mass is 79.9. The maximum atomic E-state index is 11.8. The number of anilines is 1. The molecule has 0 aliphatic carbocycles. The number of hydrogen-bond donors (Lipinski definition) is 1. The zero-order valence-corrected chi connectivity index (χ0v) is 12.7. The molecule has 3 rings (SSSR count). The molecule has 5 nitrogen and oxygen atoms in total. The lowest BCUT2D eigenvalue weighted by Gasteiger charge is -2.07. The van der Waals surface area contributed by atoms with Gasteiger partial charge in [0.15, 0.2) is 5.58 Å². The molecule has 0 radical (unpaired) electrons. The van der Waals surface area contributed by atoms with Gasteiger partial charge in [0.2, 0.25) is 0 Å². The van der Waals surface area contributed by atoms with Crippen LogP contribution in [0.5, 0.6) is 5.75 Å². The summed E-state index contributed by atoms with van der Waals surface area (Å²) in [5.41, 5.74) is 7.44. The number of nitrogens with two attached hydrogens (primary N) is 1. The Morgan fingerprint density at radius 2 is 2.10 bits per heavy atom. The number of nitrogen functional groups attached to an aromatic ring is 1. The van der Waals surface area contributed by atoms with Gasteiger partial charge in [-0.05, 0) is 30.3 Å². The van der Waals surface area contributed by atoms with E-state index in [0.29, 0.717) is 29.9 Å². The summed E-state index contributed by atoms with van der Waals surface area (Å²) in [6.45, 7) is 0.775. The van der Waals surface area contributed by atoms with Crippen LogP contribution in [0.25, 0.3) is 11.1 Å². The van der Waals surface area contributed by atoms with Gasteiger partial charge in [0, 0.05) is 16.2 Å². The molecule has 0 aliphatic heterocycles. The van der Waals surface area contributed by atoms with Gasteiger partial charge in [0.25, 0.3) is 0 Å². The smallest absolute Gasteiger partial charge is 0.420 e. The second-order valence-corrected chi connectivity index (χ2v) is 5.47. The number of aromatic nitrogens is 1. The monoisotopic (exact) mass is 348 g/mol. The summed E-state index contributed by atoms with van der Waals surface area (Å²) in [4.78, 5) is 11.8. The molecule has 0 amide bonds. The highest BCUT2D eigenvalue weighted by Crippen LogP contribution is 2.18. The van der Waals surface area contributed by atoms with E-state index in [9.17, 15) is 4.79 Å². The van der Waals surface area contributed by atoms with Gasteiger partial charge < -0.3 is 14.9 Å². The number of hydrogen-bond acceptors (Lipinski definition) is 4. The minimum Gasteiger partial charge on any atom is -0.492 e. The van der Waals surface area contributed by atoms with E-state index < -0.39 is 5.76 Å². The molecule has 21 heavy (non-hydrogen) atoms. The SMILES string of the molecule is Nc1ccc2c(c1)oc(=O)n2CCOc1cccc(Br)c1. The summed E-state index contributed by atoms with van der Waals surface area (Å²) in [5.74, 6) is 0.336. The van der Waals surface area contributed by atoms with Crippen LogP contribution in [0.3, 0.4) is 0 Å². The van der Waals surface area contributed by atoms with Crippen molar-refractivity contribution in [1.29, 1.82) is 0 Å². The first kappa shape index (κ1) is 13.8. The van der Waals surface area contributed by atoms with Gasteiger partial charge in [0.05, 0.1) is 12.1 Å². The molecule has 0 fully saturated rings. The summed E-state index contributed by atoms with van der Waals surface area (Å²) in [7, 11) is 0. The van der Waals surface area contributed by atoms with E-state index in [2.05, 4.69) is 15.9 Å². The number of nitrogens with zero attached hydrogens (tertiary/aromatic N) is 1. The minimum absolute atomic E-state index is 0.370. The van der Waals surface area contributed by atoms with E-state index in [0.717, 1.165) is 10.2 Å². The van der Waals surface area contributed by atoms with Crippen LogP contribution >= 0.6 is 15.9 Å². The molecule has 0 unspecified atom stereocenters. The lowest BCUT2D eigenvalue weighted by Crippen LogP contribution is -2.18. The lowest BCUT2D eigenvalue weighted by atomic mass is 10.3. The molecule has 108 valence electrons. The Hall–Kier alpha value is -2.21. The zero-order valence-electron chi connectivity index (χ0n) is 11.1. The average Bonchev–Trinajstić information content (AvgIpc) is 2.74. The van der Waals surface area contributed by atoms with Gasteiger partial charge >= 0.3 is 5.76 Å². The first-order valence-electron chi connectivity index (χ1n) is 6.41. The van der Waals surface area contributed by atoms with Crippen LogP contribution in [-0.4, -0.2) is 11.2 Å². The Bertz CT molecular complexity index is 838. The third kappa shape index (κ3) is 2.95. The lowest BCUT2D eigenvalue weighted by molar-refractivity contribution is 0.294. The van der Waals surface area contributed by atoms with Crippen LogP contribution in [-0.2, 0) is 6.54 Å². The Morgan fingerprint density at radius 3 is 2.90 bits per heavy atom. The van der Waals surface area contributed by atoms with Crippen LogP contribution in [0.1, 0.15) is 0 Å². The van der Waals surface area contributed by atoms with Crippen molar-refractivity contribution in [2.75, 3.05) is 12.3 Å². The standard InChI is InChI=1S/C15H13BrN2O3/c16-10-2-1-3-12(8-10)20-7-6-18-13-5-4-11(17)9-14(13)21-15(18)19/h1-5,8-9H,6-7,17H2. The number of halogens is 1. The van der Waals surface area contributed by atoms with E-state index in [-0.39, 0.29) is 0 Å². The molecule has 1 aromatic heterocycles.